The highest BCUT2D eigenvalue weighted by Gasteiger charge is 2.36. The second-order valence-corrected chi connectivity index (χ2v) is 6.19. The number of carbonyl (C=O) groups is 2. The Bertz CT molecular complexity index is 517. The van der Waals surface area contributed by atoms with Crippen molar-refractivity contribution in [3.05, 3.63) is 23.2 Å². The second kappa shape index (κ2) is 5.75. The Balaban J connectivity index is 1.46. The highest BCUT2D eigenvalue weighted by molar-refractivity contribution is 7.13. The summed E-state index contributed by atoms with van der Waals surface area (Å²) in [5.74, 6) is 0.837. The number of carbonyl (C=O) groups excluding carboxylic acids is 2. The molecule has 2 saturated carbocycles. The lowest BCUT2D eigenvalue weighted by atomic mass is 10.1. The Labute approximate surface area is 121 Å². The molecule has 0 spiro atoms. The SMILES string of the molecule is O=C(C=C(C1CC1)C1CC1)NCC(=O)Nc1nccs1. The van der Waals surface area contributed by atoms with Crippen LogP contribution in [0.25, 0.3) is 0 Å². The van der Waals surface area contributed by atoms with Crippen molar-refractivity contribution in [2.45, 2.75) is 25.7 Å². The van der Waals surface area contributed by atoms with Gasteiger partial charge in [-0.1, -0.05) is 5.57 Å². The average Bonchev–Trinajstić information content (AvgIpc) is 3.34. The fourth-order valence-electron chi connectivity index (χ4n) is 2.22. The van der Waals surface area contributed by atoms with E-state index in [1.807, 2.05) is 0 Å². The van der Waals surface area contributed by atoms with Gasteiger partial charge in [0.15, 0.2) is 5.13 Å². The molecule has 1 heterocycles. The van der Waals surface area contributed by atoms with E-state index in [1.165, 1.54) is 42.6 Å². The van der Waals surface area contributed by atoms with Crippen LogP contribution in [0.5, 0.6) is 0 Å². The number of amides is 2. The van der Waals surface area contributed by atoms with Crippen LogP contribution >= 0.6 is 11.3 Å². The number of hydrogen-bond donors (Lipinski definition) is 2. The first-order valence-corrected chi connectivity index (χ1v) is 7.79. The van der Waals surface area contributed by atoms with Crippen molar-refractivity contribution >= 4 is 28.3 Å². The normalized spacial score (nSPS) is 17.4. The van der Waals surface area contributed by atoms with E-state index in [9.17, 15) is 9.59 Å². The number of thiazole rings is 1. The van der Waals surface area contributed by atoms with Crippen molar-refractivity contribution in [1.29, 1.82) is 0 Å². The first-order valence-electron chi connectivity index (χ1n) is 6.91. The Kier molecular flexibility index (Phi) is 3.82. The molecule has 0 unspecified atom stereocenters. The monoisotopic (exact) mass is 291 g/mol. The molecule has 0 aliphatic heterocycles. The zero-order valence-corrected chi connectivity index (χ0v) is 11.9. The molecule has 0 saturated heterocycles. The molecule has 20 heavy (non-hydrogen) atoms. The van der Waals surface area contributed by atoms with Gasteiger partial charge < -0.3 is 10.6 Å². The summed E-state index contributed by atoms with van der Waals surface area (Å²) in [4.78, 5) is 27.4. The summed E-state index contributed by atoms with van der Waals surface area (Å²) >= 11 is 1.35. The van der Waals surface area contributed by atoms with E-state index in [2.05, 4.69) is 15.6 Å². The minimum Gasteiger partial charge on any atom is -0.343 e. The Morgan fingerprint density at radius 2 is 2.00 bits per heavy atom. The number of aromatic nitrogens is 1. The highest BCUT2D eigenvalue weighted by Crippen LogP contribution is 2.48. The molecule has 2 aliphatic rings. The zero-order valence-electron chi connectivity index (χ0n) is 11.1. The Hall–Kier alpha value is -1.69. The number of hydrogen-bond acceptors (Lipinski definition) is 4. The predicted molar refractivity (Wildman–Crippen MR) is 77.3 cm³/mol. The van der Waals surface area contributed by atoms with Crippen LogP contribution in [0.3, 0.4) is 0 Å². The summed E-state index contributed by atoms with van der Waals surface area (Å²) < 4.78 is 0. The largest absolute Gasteiger partial charge is 0.343 e. The molecule has 5 nitrogen and oxygen atoms in total. The van der Waals surface area contributed by atoms with Gasteiger partial charge in [-0.15, -0.1) is 11.3 Å². The number of anilines is 1. The van der Waals surface area contributed by atoms with Crippen LogP contribution < -0.4 is 10.6 Å². The molecule has 0 radical (unpaired) electrons. The summed E-state index contributed by atoms with van der Waals surface area (Å²) in [7, 11) is 0. The van der Waals surface area contributed by atoms with Crippen molar-refractivity contribution in [3.8, 4) is 0 Å². The molecule has 0 aromatic carbocycles. The van der Waals surface area contributed by atoms with Gasteiger partial charge in [0.2, 0.25) is 11.8 Å². The first-order chi connectivity index (χ1) is 9.72. The maximum absolute atomic E-state index is 11.8. The first kappa shape index (κ1) is 13.3. The summed E-state index contributed by atoms with van der Waals surface area (Å²) in [6, 6.07) is 0. The molecule has 2 fully saturated rings. The minimum absolute atomic E-state index is 0.0163. The van der Waals surface area contributed by atoms with Crippen LogP contribution in [-0.4, -0.2) is 23.3 Å². The summed E-state index contributed by atoms with van der Waals surface area (Å²) in [6.07, 6.45) is 8.17. The van der Waals surface area contributed by atoms with Gasteiger partial charge in [-0.25, -0.2) is 4.98 Å². The predicted octanol–water partition coefficient (Wildman–Crippen LogP) is 1.94. The van der Waals surface area contributed by atoms with Gasteiger partial charge >= 0.3 is 0 Å². The highest BCUT2D eigenvalue weighted by atomic mass is 32.1. The van der Waals surface area contributed by atoms with Crippen molar-refractivity contribution in [1.82, 2.24) is 10.3 Å². The van der Waals surface area contributed by atoms with E-state index in [1.54, 1.807) is 17.7 Å². The molecular formula is C14H17N3O2S. The molecule has 6 heteroatoms. The smallest absolute Gasteiger partial charge is 0.245 e. The van der Waals surface area contributed by atoms with Crippen molar-refractivity contribution < 1.29 is 9.59 Å². The molecular weight excluding hydrogens is 274 g/mol. The lowest BCUT2D eigenvalue weighted by Gasteiger charge is -2.05. The lowest BCUT2D eigenvalue weighted by molar-refractivity contribution is -0.121. The number of nitrogens with one attached hydrogen (secondary N) is 2. The maximum atomic E-state index is 11.8. The Morgan fingerprint density at radius 1 is 1.30 bits per heavy atom. The topological polar surface area (TPSA) is 71.1 Å². The third kappa shape index (κ3) is 3.66. The molecule has 0 bridgehead atoms. The summed E-state index contributed by atoms with van der Waals surface area (Å²) in [6.45, 7) is -0.0163. The van der Waals surface area contributed by atoms with Gasteiger partial charge in [-0.2, -0.15) is 0 Å². The van der Waals surface area contributed by atoms with Gasteiger partial charge in [-0.05, 0) is 37.5 Å². The summed E-state index contributed by atoms with van der Waals surface area (Å²) in [5.41, 5.74) is 1.29. The second-order valence-electron chi connectivity index (χ2n) is 5.30. The summed E-state index contributed by atoms with van der Waals surface area (Å²) in [5, 5.41) is 7.61. The number of nitrogens with zero attached hydrogens (tertiary/aromatic N) is 1. The van der Waals surface area contributed by atoms with Crippen molar-refractivity contribution in [3.63, 3.8) is 0 Å². The van der Waals surface area contributed by atoms with Crippen LogP contribution in [0.4, 0.5) is 5.13 Å². The Morgan fingerprint density at radius 3 is 2.55 bits per heavy atom. The van der Waals surface area contributed by atoms with Crippen LogP contribution in [0.1, 0.15) is 25.7 Å². The minimum atomic E-state index is -0.249. The van der Waals surface area contributed by atoms with Gasteiger partial charge in [0.05, 0.1) is 6.54 Å². The number of allylic oxidation sites excluding steroid dienone is 1. The maximum Gasteiger partial charge on any atom is 0.245 e. The van der Waals surface area contributed by atoms with Crippen LogP contribution in [0, 0.1) is 11.8 Å². The fraction of sp³-hybridized carbons (Fsp3) is 0.500. The molecule has 1 aromatic rings. The molecule has 0 atom stereocenters. The van der Waals surface area contributed by atoms with Gasteiger partial charge in [0.25, 0.3) is 0 Å². The van der Waals surface area contributed by atoms with E-state index in [-0.39, 0.29) is 18.4 Å². The molecule has 2 amide bonds. The molecule has 106 valence electrons. The standard InChI is InChI=1S/C14H17N3O2S/c18-12(7-11(9-1-2-9)10-3-4-10)16-8-13(19)17-14-15-5-6-20-14/h5-7,9-10H,1-4,8H2,(H,16,18)(H,15,17,19). The number of rotatable bonds is 6. The third-order valence-corrected chi connectivity index (χ3v) is 4.19. The van der Waals surface area contributed by atoms with E-state index >= 15 is 0 Å². The van der Waals surface area contributed by atoms with Crippen molar-refractivity contribution in [2.24, 2.45) is 11.8 Å². The molecule has 2 aliphatic carbocycles. The van der Waals surface area contributed by atoms with Crippen LogP contribution in [0.15, 0.2) is 23.2 Å². The quantitative estimate of drug-likeness (QED) is 0.787. The van der Waals surface area contributed by atoms with Gasteiger partial charge in [0.1, 0.15) is 0 Å². The molecule has 3 rings (SSSR count). The van der Waals surface area contributed by atoms with Crippen molar-refractivity contribution in [2.75, 3.05) is 11.9 Å². The van der Waals surface area contributed by atoms with E-state index in [0.717, 1.165) is 0 Å². The van der Waals surface area contributed by atoms with Crippen LogP contribution in [-0.2, 0) is 9.59 Å². The van der Waals surface area contributed by atoms with Gasteiger partial charge in [-0.3, -0.25) is 9.59 Å². The lowest BCUT2D eigenvalue weighted by Crippen LogP contribution is -2.32. The average molecular weight is 291 g/mol. The zero-order chi connectivity index (χ0) is 13.9. The molecule has 1 aromatic heterocycles. The fourth-order valence-corrected chi connectivity index (χ4v) is 2.77. The van der Waals surface area contributed by atoms with E-state index < -0.39 is 0 Å². The van der Waals surface area contributed by atoms with E-state index in [4.69, 9.17) is 0 Å². The third-order valence-electron chi connectivity index (χ3n) is 3.50. The molecule has 2 N–H and O–H groups in total. The van der Waals surface area contributed by atoms with E-state index in [0.29, 0.717) is 17.0 Å². The van der Waals surface area contributed by atoms with Gasteiger partial charge in [0, 0.05) is 17.7 Å². The van der Waals surface area contributed by atoms with Crippen LogP contribution in [0.2, 0.25) is 0 Å².